The van der Waals surface area contributed by atoms with E-state index in [-0.39, 0.29) is 11.3 Å². The predicted octanol–water partition coefficient (Wildman–Crippen LogP) is 2.09. The van der Waals surface area contributed by atoms with Crippen molar-refractivity contribution in [3.05, 3.63) is 29.8 Å². The quantitative estimate of drug-likeness (QED) is 0.885. The third-order valence-electron chi connectivity index (χ3n) is 4.28. The van der Waals surface area contributed by atoms with Crippen molar-refractivity contribution in [2.45, 2.75) is 32.8 Å². The van der Waals surface area contributed by atoms with E-state index in [2.05, 4.69) is 10.2 Å². The highest BCUT2D eigenvalue weighted by Crippen LogP contribution is 2.33. The average molecular weight is 276 g/mol. The molecule has 1 heterocycles. The van der Waals surface area contributed by atoms with Crippen LogP contribution in [0.15, 0.2) is 24.3 Å². The van der Waals surface area contributed by atoms with E-state index in [0.29, 0.717) is 0 Å². The first kappa shape index (κ1) is 14.9. The molecular formula is C16H24N2O2. The minimum atomic E-state index is -0.390. The Morgan fingerprint density at radius 2 is 2.10 bits per heavy atom. The van der Waals surface area contributed by atoms with E-state index in [1.807, 2.05) is 38.1 Å². The summed E-state index contributed by atoms with van der Waals surface area (Å²) in [6.07, 6.45) is 1.20. The number of carbonyl (C=O) groups is 1. The number of rotatable bonds is 4. The minimum absolute atomic E-state index is 0.109. The largest absolute Gasteiger partial charge is 0.388 e. The Balaban J connectivity index is 2.09. The molecule has 0 radical (unpaired) electrons. The molecule has 0 aliphatic carbocycles. The van der Waals surface area contributed by atoms with E-state index in [0.717, 1.165) is 37.2 Å². The van der Waals surface area contributed by atoms with Crippen LogP contribution in [0.5, 0.6) is 0 Å². The van der Waals surface area contributed by atoms with E-state index in [4.69, 9.17) is 0 Å². The van der Waals surface area contributed by atoms with Crippen molar-refractivity contribution in [1.82, 2.24) is 5.32 Å². The van der Waals surface area contributed by atoms with Gasteiger partial charge in [0.2, 0.25) is 5.91 Å². The second-order valence-electron chi connectivity index (χ2n) is 5.83. The van der Waals surface area contributed by atoms with Crippen molar-refractivity contribution in [1.29, 1.82) is 0 Å². The van der Waals surface area contributed by atoms with E-state index < -0.39 is 6.10 Å². The van der Waals surface area contributed by atoms with Crippen LogP contribution in [0.4, 0.5) is 5.69 Å². The smallest absolute Gasteiger partial charge is 0.227 e. The van der Waals surface area contributed by atoms with Gasteiger partial charge in [0.25, 0.3) is 0 Å². The number of amides is 1. The molecule has 0 spiro atoms. The minimum Gasteiger partial charge on any atom is -0.388 e. The Hall–Kier alpha value is -1.55. The van der Waals surface area contributed by atoms with Gasteiger partial charge in [0.1, 0.15) is 0 Å². The molecule has 2 atom stereocenters. The summed E-state index contributed by atoms with van der Waals surface area (Å²) >= 11 is 0. The van der Waals surface area contributed by atoms with Crippen molar-refractivity contribution in [3.8, 4) is 0 Å². The molecule has 1 aromatic rings. The summed E-state index contributed by atoms with van der Waals surface area (Å²) in [5, 5.41) is 12.6. The Morgan fingerprint density at radius 3 is 2.65 bits per heavy atom. The van der Waals surface area contributed by atoms with Crippen LogP contribution in [0, 0.1) is 5.41 Å². The molecule has 1 aromatic carbocycles. The van der Waals surface area contributed by atoms with Gasteiger partial charge in [-0.3, -0.25) is 4.79 Å². The number of benzene rings is 1. The molecule has 2 N–H and O–H groups in total. The fourth-order valence-corrected chi connectivity index (χ4v) is 2.81. The summed E-state index contributed by atoms with van der Waals surface area (Å²) < 4.78 is 0. The zero-order valence-corrected chi connectivity index (χ0v) is 12.5. The maximum Gasteiger partial charge on any atom is 0.227 e. The molecule has 110 valence electrons. The number of aliphatic hydroxyl groups excluding tert-OH is 1. The van der Waals surface area contributed by atoms with Crippen LogP contribution in [0.1, 0.15) is 38.4 Å². The molecular weight excluding hydrogens is 252 g/mol. The summed E-state index contributed by atoms with van der Waals surface area (Å²) in [5.74, 6) is 0.109. The zero-order chi connectivity index (χ0) is 14.8. The highest BCUT2D eigenvalue weighted by molar-refractivity contribution is 5.83. The fourth-order valence-electron chi connectivity index (χ4n) is 2.81. The molecule has 1 aliphatic rings. The molecule has 4 heteroatoms. The Morgan fingerprint density at radius 1 is 1.45 bits per heavy atom. The maximum absolute atomic E-state index is 11.9. The Labute approximate surface area is 120 Å². The third-order valence-corrected chi connectivity index (χ3v) is 4.28. The lowest BCUT2D eigenvalue weighted by Gasteiger charge is -2.24. The number of nitrogens with zero attached hydrogens (tertiary/aromatic N) is 1. The maximum atomic E-state index is 11.9. The van der Waals surface area contributed by atoms with E-state index in [9.17, 15) is 9.90 Å². The summed E-state index contributed by atoms with van der Waals surface area (Å²) in [7, 11) is 1.69. The van der Waals surface area contributed by atoms with Crippen molar-refractivity contribution < 1.29 is 9.90 Å². The lowest BCUT2D eigenvalue weighted by molar-refractivity contribution is -0.128. The SMILES string of the molecule is CCC(O)c1ccc(N2CCC(C)(C(=O)NC)C2)cc1. The van der Waals surface area contributed by atoms with Crippen molar-refractivity contribution in [3.63, 3.8) is 0 Å². The van der Waals surface area contributed by atoms with E-state index in [1.165, 1.54) is 0 Å². The van der Waals surface area contributed by atoms with Gasteiger partial charge < -0.3 is 15.3 Å². The second-order valence-corrected chi connectivity index (χ2v) is 5.83. The van der Waals surface area contributed by atoms with E-state index in [1.54, 1.807) is 7.05 Å². The number of aliphatic hydroxyl groups is 1. The van der Waals surface area contributed by atoms with Crippen LogP contribution in [-0.2, 0) is 4.79 Å². The molecule has 0 aromatic heterocycles. The standard InChI is InChI=1S/C16H24N2O2/c1-4-14(19)12-5-7-13(8-6-12)18-10-9-16(2,11-18)15(20)17-3/h5-8,14,19H,4,9-11H2,1-3H3,(H,17,20). The lowest BCUT2D eigenvalue weighted by atomic mass is 9.89. The number of carbonyl (C=O) groups excluding carboxylic acids is 1. The van der Waals surface area contributed by atoms with Gasteiger partial charge in [-0.1, -0.05) is 19.1 Å². The van der Waals surface area contributed by atoms with Crippen LogP contribution >= 0.6 is 0 Å². The highest BCUT2D eigenvalue weighted by atomic mass is 16.3. The monoisotopic (exact) mass is 276 g/mol. The first-order valence-electron chi connectivity index (χ1n) is 7.25. The third kappa shape index (κ3) is 2.80. The molecule has 0 bridgehead atoms. The van der Waals surface area contributed by atoms with Gasteiger partial charge in [-0.2, -0.15) is 0 Å². The first-order valence-corrected chi connectivity index (χ1v) is 7.25. The molecule has 20 heavy (non-hydrogen) atoms. The molecule has 1 amide bonds. The first-order chi connectivity index (χ1) is 9.50. The van der Waals surface area contributed by atoms with Gasteiger partial charge in [0, 0.05) is 25.8 Å². The molecule has 2 unspecified atom stereocenters. The fraction of sp³-hybridized carbons (Fsp3) is 0.562. The van der Waals surface area contributed by atoms with Gasteiger partial charge in [-0.15, -0.1) is 0 Å². The summed E-state index contributed by atoms with van der Waals surface area (Å²) in [4.78, 5) is 14.2. The Kier molecular flexibility index (Phi) is 4.33. The molecule has 1 fully saturated rings. The molecule has 1 aliphatic heterocycles. The molecule has 0 saturated carbocycles. The average Bonchev–Trinajstić information content (AvgIpc) is 2.89. The van der Waals surface area contributed by atoms with E-state index >= 15 is 0 Å². The summed E-state index contributed by atoms with van der Waals surface area (Å²) in [6, 6.07) is 8.01. The van der Waals surface area contributed by atoms with Gasteiger partial charge in [0.05, 0.1) is 11.5 Å². The van der Waals surface area contributed by atoms with Crippen LogP contribution in [0.3, 0.4) is 0 Å². The topological polar surface area (TPSA) is 52.6 Å². The number of hydrogen-bond acceptors (Lipinski definition) is 3. The number of hydrogen-bond donors (Lipinski definition) is 2. The summed E-state index contributed by atoms with van der Waals surface area (Å²) in [6.45, 7) is 5.61. The van der Waals surface area contributed by atoms with Crippen molar-refractivity contribution >= 4 is 11.6 Å². The van der Waals surface area contributed by atoms with Crippen molar-refractivity contribution in [2.24, 2.45) is 5.41 Å². The number of nitrogens with one attached hydrogen (secondary N) is 1. The van der Waals surface area contributed by atoms with Crippen LogP contribution in [-0.4, -0.2) is 31.2 Å². The molecule has 2 rings (SSSR count). The normalized spacial score (nSPS) is 23.7. The van der Waals surface area contributed by atoms with Crippen molar-refractivity contribution in [2.75, 3.05) is 25.0 Å². The van der Waals surface area contributed by atoms with Gasteiger partial charge >= 0.3 is 0 Å². The Bertz CT molecular complexity index is 472. The second kappa shape index (κ2) is 5.83. The van der Waals surface area contributed by atoms with Crippen LogP contribution in [0.2, 0.25) is 0 Å². The van der Waals surface area contributed by atoms with Crippen LogP contribution < -0.4 is 10.2 Å². The van der Waals surface area contributed by atoms with Crippen LogP contribution in [0.25, 0.3) is 0 Å². The zero-order valence-electron chi connectivity index (χ0n) is 12.5. The molecule has 4 nitrogen and oxygen atoms in total. The molecule has 1 saturated heterocycles. The number of anilines is 1. The summed E-state index contributed by atoms with van der Waals surface area (Å²) in [5.41, 5.74) is 1.75. The predicted molar refractivity (Wildman–Crippen MR) is 80.7 cm³/mol. The lowest BCUT2D eigenvalue weighted by Crippen LogP contribution is -2.39. The highest BCUT2D eigenvalue weighted by Gasteiger charge is 2.39. The van der Waals surface area contributed by atoms with Gasteiger partial charge in [-0.25, -0.2) is 0 Å². The van der Waals surface area contributed by atoms with Gasteiger partial charge in [-0.05, 0) is 37.5 Å². The van der Waals surface area contributed by atoms with Gasteiger partial charge in [0.15, 0.2) is 0 Å².